The van der Waals surface area contributed by atoms with Gasteiger partial charge in [0.15, 0.2) is 5.78 Å². The van der Waals surface area contributed by atoms with E-state index in [0.29, 0.717) is 11.3 Å². The summed E-state index contributed by atoms with van der Waals surface area (Å²) in [5.74, 6) is 0.143. The van der Waals surface area contributed by atoms with Crippen molar-refractivity contribution in [2.24, 2.45) is 0 Å². The molecule has 0 heterocycles. The Morgan fingerprint density at radius 3 is 2.47 bits per heavy atom. The summed E-state index contributed by atoms with van der Waals surface area (Å²) in [5.41, 5.74) is 1.53. The fourth-order valence-corrected chi connectivity index (χ4v) is 1.70. The molecule has 2 aromatic rings. The molecule has 0 spiro atoms. The molecule has 0 aliphatic heterocycles. The zero-order valence-corrected chi connectivity index (χ0v) is 10.7. The van der Waals surface area contributed by atoms with E-state index in [-0.39, 0.29) is 24.6 Å². The number of ether oxygens (including phenoxy) is 1. The molecule has 2 nitrogen and oxygen atoms in total. The van der Waals surface area contributed by atoms with Crippen molar-refractivity contribution in [3.05, 3.63) is 65.5 Å². The molecule has 0 fully saturated rings. The molecule has 0 atom stereocenters. The molecule has 0 aromatic heterocycles. The SMILES string of the molecule is Cc1ccc(OCC(=O)Cc2ccccc2F)cc1. The highest BCUT2D eigenvalue weighted by Crippen LogP contribution is 2.12. The molecular formula is C16H15FO2. The first kappa shape index (κ1) is 13.3. The van der Waals surface area contributed by atoms with E-state index >= 15 is 0 Å². The zero-order chi connectivity index (χ0) is 13.7. The molecule has 0 bridgehead atoms. The largest absolute Gasteiger partial charge is 0.486 e. The average molecular weight is 258 g/mol. The first-order valence-corrected chi connectivity index (χ1v) is 6.10. The van der Waals surface area contributed by atoms with Crippen molar-refractivity contribution >= 4 is 5.78 Å². The van der Waals surface area contributed by atoms with Gasteiger partial charge in [0, 0.05) is 6.42 Å². The van der Waals surface area contributed by atoms with Gasteiger partial charge in [-0.05, 0) is 30.7 Å². The molecule has 0 aliphatic carbocycles. The van der Waals surface area contributed by atoms with Crippen LogP contribution in [0.4, 0.5) is 4.39 Å². The van der Waals surface area contributed by atoms with Crippen LogP contribution in [0.2, 0.25) is 0 Å². The molecule has 0 unspecified atom stereocenters. The summed E-state index contributed by atoms with van der Waals surface area (Å²) >= 11 is 0. The molecule has 3 heteroatoms. The highest BCUT2D eigenvalue weighted by atomic mass is 19.1. The van der Waals surface area contributed by atoms with Crippen molar-refractivity contribution in [2.45, 2.75) is 13.3 Å². The van der Waals surface area contributed by atoms with Crippen LogP contribution in [-0.2, 0) is 11.2 Å². The van der Waals surface area contributed by atoms with E-state index in [0.717, 1.165) is 5.56 Å². The normalized spacial score (nSPS) is 10.2. The summed E-state index contributed by atoms with van der Waals surface area (Å²) in [6.45, 7) is 1.94. The second kappa shape index (κ2) is 6.14. The van der Waals surface area contributed by atoms with Crippen LogP contribution in [0.3, 0.4) is 0 Å². The number of hydrogen-bond acceptors (Lipinski definition) is 2. The summed E-state index contributed by atoms with van der Waals surface area (Å²) < 4.78 is 18.7. The number of rotatable bonds is 5. The molecule has 2 aromatic carbocycles. The molecule has 2 rings (SSSR count). The third-order valence-electron chi connectivity index (χ3n) is 2.77. The topological polar surface area (TPSA) is 26.3 Å². The van der Waals surface area contributed by atoms with Gasteiger partial charge < -0.3 is 4.74 Å². The van der Waals surface area contributed by atoms with E-state index < -0.39 is 0 Å². The van der Waals surface area contributed by atoms with Crippen molar-refractivity contribution in [1.29, 1.82) is 0 Å². The lowest BCUT2D eigenvalue weighted by atomic mass is 10.1. The Bertz CT molecular complexity index is 561. The Kier molecular flexibility index (Phi) is 4.29. The molecular weight excluding hydrogens is 243 g/mol. The monoisotopic (exact) mass is 258 g/mol. The van der Waals surface area contributed by atoms with Gasteiger partial charge in [0.05, 0.1) is 0 Å². The summed E-state index contributed by atoms with van der Waals surface area (Å²) in [6.07, 6.45) is 0.0541. The highest BCUT2D eigenvalue weighted by molar-refractivity contribution is 5.82. The molecule has 0 aliphatic rings. The van der Waals surface area contributed by atoms with Crippen molar-refractivity contribution in [2.75, 3.05) is 6.61 Å². The summed E-state index contributed by atoms with van der Waals surface area (Å²) in [7, 11) is 0. The number of carbonyl (C=O) groups is 1. The first-order chi connectivity index (χ1) is 9.15. The summed E-state index contributed by atoms with van der Waals surface area (Å²) in [6, 6.07) is 13.7. The minimum atomic E-state index is -0.355. The van der Waals surface area contributed by atoms with Crippen LogP contribution in [0.25, 0.3) is 0 Å². The lowest BCUT2D eigenvalue weighted by molar-refractivity contribution is -0.120. The van der Waals surface area contributed by atoms with Crippen LogP contribution in [0.1, 0.15) is 11.1 Å². The van der Waals surface area contributed by atoms with Crippen LogP contribution in [0.5, 0.6) is 5.75 Å². The lowest BCUT2D eigenvalue weighted by Crippen LogP contribution is -2.14. The van der Waals surface area contributed by atoms with Gasteiger partial charge in [0.1, 0.15) is 18.2 Å². The predicted octanol–water partition coefficient (Wildman–Crippen LogP) is 3.32. The standard InChI is InChI=1S/C16H15FO2/c1-12-6-8-15(9-7-12)19-11-14(18)10-13-4-2-3-5-16(13)17/h2-9H,10-11H2,1H3. The number of benzene rings is 2. The Labute approximate surface area is 111 Å². The van der Waals surface area contributed by atoms with Gasteiger partial charge in [-0.2, -0.15) is 0 Å². The third-order valence-corrected chi connectivity index (χ3v) is 2.77. The third kappa shape index (κ3) is 3.91. The van der Waals surface area contributed by atoms with Crippen molar-refractivity contribution in [3.63, 3.8) is 0 Å². The molecule has 19 heavy (non-hydrogen) atoms. The molecule has 0 amide bonds. The van der Waals surface area contributed by atoms with E-state index in [1.807, 2.05) is 31.2 Å². The van der Waals surface area contributed by atoms with Gasteiger partial charge in [0.25, 0.3) is 0 Å². The Hall–Kier alpha value is -2.16. The number of aryl methyl sites for hydroxylation is 1. The van der Waals surface area contributed by atoms with E-state index in [1.165, 1.54) is 6.07 Å². The molecule has 0 radical (unpaired) electrons. The maximum Gasteiger partial charge on any atom is 0.174 e. The number of carbonyl (C=O) groups excluding carboxylic acids is 1. The Morgan fingerprint density at radius 2 is 1.79 bits per heavy atom. The second-order valence-electron chi connectivity index (χ2n) is 4.41. The van der Waals surface area contributed by atoms with E-state index in [1.54, 1.807) is 18.2 Å². The highest BCUT2D eigenvalue weighted by Gasteiger charge is 2.08. The Morgan fingerprint density at radius 1 is 1.11 bits per heavy atom. The molecule has 0 saturated carbocycles. The van der Waals surface area contributed by atoms with Gasteiger partial charge in [-0.3, -0.25) is 4.79 Å². The molecule has 0 N–H and O–H groups in total. The fraction of sp³-hybridized carbons (Fsp3) is 0.188. The van der Waals surface area contributed by atoms with Crippen LogP contribution in [0.15, 0.2) is 48.5 Å². The van der Waals surface area contributed by atoms with Gasteiger partial charge >= 0.3 is 0 Å². The van der Waals surface area contributed by atoms with Crippen LogP contribution in [0, 0.1) is 12.7 Å². The smallest absolute Gasteiger partial charge is 0.174 e. The van der Waals surface area contributed by atoms with Crippen molar-refractivity contribution in [1.82, 2.24) is 0 Å². The number of Topliss-reactive ketones (excluding diaryl/α,β-unsaturated/α-hetero) is 1. The van der Waals surface area contributed by atoms with Gasteiger partial charge in [-0.25, -0.2) is 4.39 Å². The van der Waals surface area contributed by atoms with Crippen LogP contribution >= 0.6 is 0 Å². The van der Waals surface area contributed by atoms with E-state index in [4.69, 9.17) is 4.74 Å². The minimum absolute atomic E-state index is 0.0443. The van der Waals surface area contributed by atoms with Crippen LogP contribution < -0.4 is 4.74 Å². The number of halogens is 1. The quantitative estimate of drug-likeness (QED) is 0.822. The van der Waals surface area contributed by atoms with Crippen molar-refractivity contribution < 1.29 is 13.9 Å². The fourth-order valence-electron chi connectivity index (χ4n) is 1.70. The molecule has 98 valence electrons. The maximum atomic E-state index is 13.4. The van der Waals surface area contributed by atoms with Gasteiger partial charge in [-0.15, -0.1) is 0 Å². The maximum absolute atomic E-state index is 13.4. The van der Waals surface area contributed by atoms with Crippen LogP contribution in [-0.4, -0.2) is 12.4 Å². The second-order valence-corrected chi connectivity index (χ2v) is 4.41. The van der Waals surface area contributed by atoms with Crippen molar-refractivity contribution in [3.8, 4) is 5.75 Å². The van der Waals surface area contributed by atoms with Gasteiger partial charge in [0.2, 0.25) is 0 Å². The number of hydrogen-bond donors (Lipinski definition) is 0. The first-order valence-electron chi connectivity index (χ1n) is 6.10. The predicted molar refractivity (Wildman–Crippen MR) is 71.8 cm³/mol. The lowest BCUT2D eigenvalue weighted by Gasteiger charge is -2.06. The molecule has 0 saturated heterocycles. The average Bonchev–Trinajstić information content (AvgIpc) is 2.41. The number of ketones is 1. The summed E-state index contributed by atoms with van der Waals surface area (Å²) in [4.78, 5) is 11.7. The zero-order valence-electron chi connectivity index (χ0n) is 10.7. The van der Waals surface area contributed by atoms with E-state index in [9.17, 15) is 9.18 Å². The van der Waals surface area contributed by atoms with E-state index in [2.05, 4.69) is 0 Å². The van der Waals surface area contributed by atoms with Gasteiger partial charge in [-0.1, -0.05) is 35.9 Å². The summed E-state index contributed by atoms with van der Waals surface area (Å²) in [5, 5.41) is 0. The Balaban J connectivity index is 1.88. The minimum Gasteiger partial charge on any atom is -0.486 e.